The molecule has 1 aliphatic rings. The smallest absolute Gasteiger partial charge is 0.255 e. The number of benzene rings is 1. The minimum Gasteiger partial charge on any atom is -0.508 e. The van der Waals surface area contributed by atoms with Gasteiger partial charge in [-0.05, 0) is 42.5 Å². The van der Waals surface area contributed by atoms with E-state index >= 15 is 0 Å². The fourth-order valence-corrected chi connectivity index (χ4v) is 2.76. The first kappa shape index (κ1) is 13.5. The summed E-state index contributed by atoms with van der Waals surface area (Å²) in [5, 5.41) is 16.8. The molecule has 108 valence electrons. The Hall–Kier alpha value is -2.43. The molecule has 0 unspecified atom stereocenters. The maximum atomic E-state index is 12.3. The lowest BCUT2D eigenvalue weighted by Gasteiger charge is -2.32. The highest BCUT2D eigenvalue weighted by Crippen LogP contribution is 2.29. The van der Waals surface area contributed by atoms with Crippen molar-refractivity contribution >= 4 is 5.91 Å². The van der Waals surface area contributed by atoms with Crippen molar-refractivity contribution in [1.29, 1.82) is 0 Å². The third-order valence-corrected chi connectivity index (χ3v) is 3.98. The summed E-state index contributed by atoms with van der Waals surface area (Å²) in [7, 11) is 0. The molecule has 0 spiro atoms. The number of carbonyl (C=O) groups is 1. The molecule has 0 radical (unpaired) electrons. The van der Waals surface area contributed by atoms with Crippen LogP contribution in [0, 0.1) is 0 Å². The van der Waals surface area contributed by atoms with Crippen LogP contribution in [0.3, 0.4) is 0 Å². The second kappa shape index (κ2) is 5.91. The van der Waals surface area contributed by atoms with Crippen LogP contribution >= 0.6 is 0 Å². The molecule has 1 aromatic heterocycles. The second-order valence-corrected chi connectivity index (χ2v) is 5.29. The third kappa shape index (κ3) is 3.02. The minimum atomic E-state index is 0.0223. The molecular weight excluding hydrogens is 266 g/mol. The number of phenols is 1. The highest BCUT2D eigenvalue weighted by Gasteiger charge is 2.24. The summed E-state index contributed by atoms with van der Waals surface area (Å²) >= 11 is 0. The zero-order valence-electron chi connectivity index (χ0n) is 11.6. The Morgan fingerprint density at radius 2 is 1.81 bits per heavy atom. The molecule has 1 amide bonds. The zero-order chi connectivity index (χ0) is 14.7. The highest BCUT2D eigenvalue weighted by molar-refractivity contribution is 5.93. The van der Waals surface area contributed by atoms with E-state index in [1.165, 1.54) is 18.0 Å². The molecule has 1 saturated heterocycles. The molecule has 5 nitrogen and oxygen atoms in total. The van der Waals surface area contributed by atoms with E-state index < -0.39 is 0 Å². The molecule has 1 fully saturated rings. The van der Waals surface area contributed by atoms with Crippen molar-refractivity contribution in [2.45, 2.75) is 18.8 Å². The van der Waals surface area contributed by atoms with E-state index in [1.54, 1.807) is 18.2 Å². The molecule has 3 rings (SSSR count). The van der Waals surface area contributed by atoms with E-state index in [1.807, 2.05) is 17.0 Å². The Morgan fingerprint density at radius 1 is 1.10 bits per heavy atom. The summed E-state index contributed by atoms with van der Waals surface area (Å²) < 4.78 is 0. The van der Waals surface area contributed by atoms with Crippen molar-refractivity contribution in [1.82, 2.24) is 15.1 Å². The van der Waals surface area contributed by atoms with Crippen molar-refractivity contribution in [3.63, 3.8) is 0 Å². The van der Waals surface area contributed by atoms with Gasteiger partial charge >= 0.3 is 0 Å². The Balaban J connectivity index is 1.63. The number of amides is 1. The van der Waals surface area contributed by atoms with E-state index in [-0.39, 0.29) is 11.7 Å². The molecule has 2 heterocycles. The molecular formula is C16H17N3O2. The van der Waals surface area contributed by atoms with Gasteiger partial charge in [0.2, 0.25) is 0 Å². The molecule has 0 aliphatic carbocycles. The molecule has 0 saturated carbocycles. The summed E-state index contributed by atoms with van der Waals surface area (Å²) in [6, 6.07) is 9.06. The van der Waals surface area contributed by atoms with Gasteiger partial charge in [-0.3, -0.25) is 4.79 Å². The van der Waals surface area contributed by atoms with Gasteiger partial charge in [-0.1, -0.05) is 12.1 Å². The summed E-state index contributed by atoms with van der Waals surface area (Å²) in [5.41, 5.74) is 1.82. The van der Waals surface area contributed by atoms with Crippen molar-refractivity contribution in [3.8, 4) is 5.75 Å². The minimum absolute atomic E-state index is 0.0223. The van der Waals surface area contributed by atoms with Crippen LogP contribution in [0.4, 0.5) is 0 Å². The summed E-state index contributed by atoms with van der Waals surface area (Å²) in [6.45, 7) is 1.49. The lowest BCUT2D eigenvalue weighted by Crippen LogP contribution is -2.38. The fraction of sp³-hybridized carbons (Fsp3) is 0.312. The van der Waals surface area contributed by atoms with Gasteiger partial charge in [0.25, 0.3) is 5.91 Å². The number of carbonyl (C=O) groups excluding carboxylic acids is 1. The summed E-state index contributed by atoms with van der Waals surface area (Å²) in [4.78, 5) is 14.2. The van der Waals surface area contributed by atoms with E-state index in [2.05, 4.69) is 10.2 Å². The monoisotopic (exact) mass is 283 g/mol. The van der Waals surface area contributed by atoms with Crippen LogP contribution < -0.4 is 0 Å². The number of likely N-dealkylation sites (tertiary alicyclic amines) is 1. The average Bonchev–Trinajstić information content (AvgIpc) is 2.56. The van der Waals surface area contributed by atoms with Crippen LogP contribution in [-0.2, 0) is 0 Å². The molecule has 5 heteroatoms. The average molecular weight is 283 g/mol. The first-order valence-corrected chi connectivity index (χ1v) is 7.09. The van der Waals surface area contributed by atoms with Crippen molar-refractivity contribution in [2.24, 2.45) is 0 Å². The van der Waals surface area contributed by atoms with Gasteiger partial charge in [0.1, 0.15) is 5.75 Å². The number of rotatable bonds is 2. The molecule has 21 heavy (non-hydrogen) atoms. The molecule has 1 aromatic carbocycles. The van der Waals surface area contributed by atoms with Crippen LogP contribution in [0.25, 0.3) is 0 Å². The van der Waals surface area contributed by atoms with E-state index in [4.69, 9.17) is 0 Å². The van der Waals surface area contributed by atoms with Crippen LogP contribution in [0.5, 0.6) is 5.75 Å². The van der Waals surface area contributed by atoms with E-state index in [0.29, 0.717) is 11.5 Å². The lowest BCUT2D eigenvalue weighted by molar-refractivity contribution is 0.0712. The molecule has 0 bridgehead atoms. The maximum Gasteiger partial charge on any atom is 0.255 e. The van der Waals surface area contributed by atoms with Crippen molar-refractivity contribution in [3.05, 3.63) is 53.9 Å². The predicted molar refractivity (Wildman–Crippen MR) is 78.0 cm³/mol. The number of aromatic hydroxyl groups is 1. The van der Waals surface area contributed by atoms with Gasteiger partial charge in [0.15, 0.2) is 0 Å². The highest BCUT2D eigenvalue weighted by atomic mass is 16.3. The SMILES string of the molecule is O=C(c1ccnnc1)N1CCC(c2ccc(O)cc2)CC1. The van der Waals surface area contributed by atoms with Gasteiger partial charge in [0, 0.05) is 13.1 Å². The number of nitrogens with zero attached hydrogens (tertiary/aromatic N) is 3. The van der Waals surface area contributed by atoms with Gasteiger partial charge in [-0.25, -0.2) is 0 Å². The van der Waals surface area contributed by atoms with Crippen LogP contribution in [0.1, 0.15) is 34.7 Å². The molecule has 2 aromatic rings. The Bertz CT molecular complexity index is 605. The zero-order valence-corrected chi connectivity index (χ0v) is 11.6. The fourth-order valence-electron chi connectivity index (χ4n) is 2.76. The Morgan fingerprint density at radius 3 is 2.43 bits per heavy atom. The normalized spacial score (nSPS) is 15.9. The maximum absolute atomic E-state index is 12.3. The van der Waals surface area contributed by atoms with E-state index in [0.717, 1.165) is 25.9 Å². The third-order valence-electron chi connectivity index (χ3n) is 3.98. The largest absolute Gasteiger partial charge is 0.508 e. The number of aromatic nitrogens is 2. The first-order valence-electron chi connectivity index (χ1n) is 7.09. The molecule has 0 atom stereocenters. The van der Waals surface area contributed by atoms with Gasteiger partial charge in [-0.2, -0.15) is 10.2 Å². The molecule has 1 N–H and O–H groups in total. The van der Waals surface area contributed by atoms with Gasteiger partial charge in [0.05, 0.1) is 18.0 Å². The van der Waals surface area contributed by atoms with E-state index in [9.17, 15) is 9.90 Å². The quantitative estimate of drug-likeness (QED) is 0.917. The van der Waals surface area contributed by atoms with Crippen molar-refractivity contribution in [2.75, 3.05) is 13.1 Å². The summed E-state index contributed by atoms with van der Waals surface area (Å²) in [5.74, 6) is 0.760. The lowest BCUT2D eigenvalue weighted by atomic mass is 9.89. The Kier molecular flexibility index (Phi) is 3.81. The summed E-state index contributed by atoms with van der Waals surface area (Å²) in [6.07, 6.45) is 4.93. The van der Waals surface area contributed by atoms with Crippen molar-refractivity contribution < 1.29 is 9.90 Å². The van der Waals surface area contributed by atoms with Gasteiger partial charge in [-0.15, -0.1) is 0 Å². The first-order chi connectivity index (χ1) is 10.2. The topological polar surface area (TPSA) is 66.3 Å². The second-order valence-electron chi connectivity index (χ2n) is 5.29. The number of hydrogen-bond donors (Lipinski definition) is 1. The number of piperidine rings is 1. The van der Waals surface area contributed by atoms with Crippen LogP contribution in [0.15, 0.2) is 42.7 Å². The number of hydrogen-bond acceptors (Lipinski definition) is 4. The molecule has 1 aliphatic heterocycles. The van der Waals surface area contributed by atoms with Crippen LogP contribution in [0.2, 0.25) is 0 Å². The van der Waals surface area contributed by atoms with Crippen LogP contribution in [-0.4, -0.2) is 39.2 Å². The predicted octanol–water partition coefficient (Wildman–Crippen LogP) is 2.20. The standard InChI is InChI=1S/C16H17N3O2/c20-15-3-1-12(2-4-15)13-6-9-19(10-7-13)16(21)14-5-8-17-18-11-14/h1-5,8,11,13,20H,6-7,9-10H2. The number of phenolic OH excluding ortho intramolecular Hbond substituents is 1. The van der Waals surface area contributed by atoms with Gasteiger partial charge < -0.3 is 10.0 Å². The Labute approximate surface area is 123 Å².